The predicted molar refractivity (Wildman–Crippen MR) is 130 cm³/mol. The van der Waals surface area contributed by atoms with Gasteiger partial charge in [-0.25, -0.2) is 0 Å². The maximum Gasteiger partial charge on any atom is 0.170 e. The molecule has 0 saturated carbocycles. The first-order valence-corrected chi connectivity index (χ1v) is 11.6. The molecule has 156 valence electrons. The fourth-order valence-corrected chi connectivity index (χ4v) is 5.20. The molecule has 0 amide bonds. The van der Waals surface area contributed by atoms with Crippen LogP contribution in [0.4, 0.5) is 0 Å². The molecule has 0 bridgehead atoms. The third-order valence-corrected chi connectivity index (χ3v) is 6.86. The zero-order valence-electron chi connectivity index (χ0n) is 17.6. The van der Waals surface area contributed by atoms with Gasteiger partial charge in [0, 0.05) is 28.6 Å². The van der Waals surface area contributed by atoms with Crippen molar-refractivity contribution in [3.63, 3.8) is 0 Å². The molecule has 6 heteroatoms. The molecule has 0 aliphatic carbocycles. The highest BCUT2D eigenvalue weighted by Gasteiger charge is 2.41. The van der Waals surface area contributed by atoms with Crippen LogP contribution in [-0.2, 0) is 0 Å². The van der Waals surface area contributed by atoms with Gasteiger partial charge in [0.15, 0.2) is 5.11 Å². The highest BCUT2D eigenvalue weighted by molar-refractivity contribution is 9.10. The first-order chi connectivity index (χ1) is 14.5. The van der Waals surface area contributed by atoms with Crippen molar-refractivity contribution in [2.75, 3.05) is 6.54 Å². The standard InChI is InChI=1S/C24H27BrN4S/c1-4-5-14-28-23(22(27-24(28)30)20-11-8-9-13-26-20)18-15-16(2)29(17(18)3)21-12-7-6-10-19(21)25/h6-13,15,22-23H,4-5,14H2,1-3H3,(H,27,30)/t22-,23-/m0/s1. The number of rotatable bonds is 6. The van der Waals surface area contributed by atoms with Crippen molar-refractivity contribution < 1.29 is 0 Å². The van der Waals surface area contributed by atoms with Gasteiger partial charge in [0.2, 0.25) is 0 Å². The van der Waals surface area contributed by atoms with Crippen molar-refractivity contribution in [1.29, 1.82) is 0 Å². The number of halogens is 1. The Morgan fingerprint density at radius 2 is 1.90 bits per heavy atom. The third-order valence-electron chi connectivity index (χ3n) is 5.83. The molecular formula is C24H27BrN4S. The second-order valence-corrected chi connectivity index (χ2v) is 9.03. The van der Waals surface area contributed by atoms with E-state index in [9.17, 15) is 0 Å². The zero-order chi connectivity index (χ0) is 21.3. The second kappa shape index (κ2) is 8.90. The van der Waals surface area contributed by atoms with Crippen LogP contribution >= 0.6 is 28.1 Å². The van der Waals surface area contributed by atoms with Crippen LogP contribution in [0.25, 0.3) is 5.69 Å². The Balaban J connectivity index is 1.83. The summed E-state index contributed by atoms with van der Waals surface area (Å²) in [7, 11) is 0. The van der Waals surface area contributed by atoms with Crippen molar-refractivity contribution in [2.45, 2.75) is 45.7 Å². The molecule has 3 heterocycles. The van der Waals surface area contributed by atoms with E-state index in [4.69, 9.17) is 12.2 Å². The predicted octanol–water partition coefficient (Wildman–Crippen LogP) is 6.02. The molecule has 4 rings (SSSR count). The van der Waals surface area contributed by atoms with Crippen molar-refractivity contribution >= 4 is 33.3 Å². The van der Waals surface area contributed by atoms with Crippen LogP contribution in [0.15, 0.2) is 59.2 Å². The number of aromatic nitrogens is 2. The van der Waals surface area contributed by atoms with Crippen LogP contribution < -0.4 is 5.32 Å². The highest BCUT2D eigenvalue weighted by Crippen LogP contribution is 2.41. The van der Waals surface area contributed by atoms with E-state index in [1.54, 1.807) is 0 Å². The Bertz CT molecular complexity index is 1050. The largest absolute Gasteiger partial charge is 0.352 e. The van der Waals surface area contributed by atoms with Crippen LogP contribution in [0.3, 0.4) is 0 Å². The van der Waals surface area contributed by atoms with E-state index in [2.05, 4.69) is 86.8 Å². The van der Waals surface area contributed by atoms with E-state index >= 15 is 0 Å². The zero-order valence-corrected chi connectivity index (χ0v) is 20.0. The molecule has 1 saturated heterocycles. The first-order valence-electron chi connectivity index (χ1n) is 10.4. The molecule has 1 aliphatic heterocycles. The summed E-state index contributed by atoms with van der Waals surface area (Å²) in [5.41, 5.74) is 5.92. The molecule has 0 unspecified atom stereocenters. The summed E-state index contributed by atoms with van der Waals surface area (Å²) < 4.78 is 3.41. The minimum Gasteiger partial charge on any atom is -0.352 e. The summed E-state index contributed by atoms with van der Waals surface area (Å²) in [6.07, 6.45) is 4.10. The summed E-state index contributed by atoms with van der Waals surface area (Å²) in [5, 5.41) is 4.38. The maximum atomic E-state index is 5.78. The quantitative estimate of drug-likeness (QED) is 0.435. The van der Waals surface area contributed by atoms with E-state index in [1.807, 2.05) is 24.4 Å². The van der Waals surface area contributed by atoms with Gasteiger partial charge in [-0.05, 0) is 84.3 Å². The summed E-state index contributed by atoms with van der Waals surface area (Å²) in [4.78, 5) is 7.01. The van der Waals surface area contributed by atoms with Crippen molar-refractivity contribution in [1.82, 2.24) is 19.8 Å². The lowest BCUT2D eigenvalue weighted by molar-refractivity contribution is 0.312. The molecule has 0 spiro atoms. The van der Waals surface area contributed by atoms with Crippen LogP contribution in [0.2, 0.25) is 0 Å². The third kappa shape index (κ3) is 3.79. The van der Waals surface area contributed by atoms with Crippen molar-refractivity contribution in [3.05, 3.63) is 81.8 Å². The van der Waals surface area contributed by atoms with Gasteiger partial charge >= 0.3 is 0 Å². The molecule has 2 aromatic heterocycles. The SMILES string of the molecule is CCCCN1C(=S)N[C@@H](c2ccccn2)[C@@H]1c1cc(C)n(-c2ccccc2Br)c1C. The minimum atomic E-state index is 0.0312. The van der Waals surface area contributed by atoms with Gasteiger partial charge in [-0.15, -0.1) is 0 Å². The number of aryl methyl sites for hydroxylation is 1. The van der Waals surface area contributed by atoms with Crippen LogP contribution in [0.1, 0.15) is 54.5 Å². The Morgan fingerprint density at radius 3 is 2.60 bits per heavy atom. The Hall–Kier alpha value is -2.18. The van der Waals surface area contributed by atoms with Gasteiger partial charge < -0.3 is 14.8 Å². The van der Waals surface area contributed by atoms with Gasteiger partial charge in [-0.3, -0.25) is 4.98 Å². The van der Waals surface area contributed by atoms with Crippen LogP contribution in [-0.4, -0.2) is 26.1 Å². The number of nitrogens with one attached hydrogen (secondary N) is 1. The number of hydrogen-bond donors (Lipinski definition) is 1. The first kappa shape index (κ1) is 21.1. The van der Waals surface area contributed by atoms with Crippen LogP contribution in [0.5, 0.6) is 0 Å². The average Bonchev–Trinajstić information content (AvgIpc) is 3.23. The van der Waals surface area contributed by atoms with Gasteiger partial charge in [0.1, 0.15) is 0 Å². The molecule has 1 aliphatic rings. The monoisotopic (exact) mass is 482 g/mol. The summed E-state index contributed by atoms with van der Waals surface area (Å²) in [6, 6.07) is 16.9. The lowest BCUT2D eigenvalue weighted by Gasteiger charge is -2.28. The number of pyridine rings is 1. The highest BCUT2D eigenvalue weighted by atomic mass is 79.9. The Labute approximate surface area is 192 Å². The van der Waals surface area contributed by atoms with Crippen LogP contribution in [0, 0.1) is 13.8 Å². The number of unbranched alkanes of at least 4 members (excludes halogenated alkanes) is 1. The van der Waals surface area contributed by atoms with Crippen molar-refractivity contribution in [2.24, 2.45) is 0 Å². The average molecular weight is 483 g/mol. The molecule has 1 N–H and O–H groups in total. The number of thiocarbonyl (C=S) groups is 1. The van der Waals surface area contributed by atoms with Gasteiger partial charge in [-0.1, -0.05) is 31.5 Å². The molecule has 30 heavy (non-hydrogen) atoms. The molecule has 1 aromatic carbocycles. The van der Waals surface area contributed by atoms with E-state index in [1.165, 1.54) is 17.0 Å². The topological polar surface area (TPSA) is 33.1 Å². The van der Waals surface area contributed by atoms with E-state index < -0.39 is 0 Å². The summed E-state index contributed by atoms with van der Waals surface area (Å²) >= 11 is 9.50. The second-order valence-electron chi connectivity index (χ2n) is 7.79. The lowest BCUT2D eigenvalue weighted by atomic mass is 9.96. The Morgan fingerprint density at radius 1 is 1.13 bits per heavy atom. The van der Waals surface area contributed by atoms with E-state index in [0.717, 1.165) is 40.4 Å². The number of benzene rings is 1. The molecule has 2 atom stereocenters. The van der Waals surface area contributed by atoms with Gasteiger partial charge in [0.25, 0.3) is 0 Å². The molecule has 3 aromatic rings. The van der Waals surface area contributed by atoms with Crippen molar-refractivity contribution in [3.8, 4) is 5.69 Å². The molecule has 0 radical (unpaired) electrons. The minimum absolute atomic E-state index is 0.0312. The summed E-state index contributed by atoms with van der Waals surface area (Å²) in [6.45, 7) is 7.53. The lowest BCUT2D eigenvalue weighted by Crippen LogP contribution is -2.30. The number of nitrogens with zero attached hydrogens (tertiary/aromatic N) is 3. The molecule has 4 nitrogen and oxygen atoms in total. The van der Waals surface area contributed by atoms with E-state index in [-0.39, 0.29) is 12.1 Å². The fourth-order valence-electron chi connectivity index (χ4n) is 4.40. The molecule has 1 fully saturated rings. The maximum absolute atomic E-state index is 5.78. The summed E-state index contributed by atoms with van der Waals surface area (Å²) in [5.74, 6) is 0. The molecular weight excluding hydrogens is 456 g/mol. The van der Waals surface area contributed by atoms with E-state index in [0.29, 0.717) is 0 Å². The fraction of sp³-hybridized carbons (Fsp3) is 0.333. The number of para-hydroxylation sites is 1. The van der Waals surface area contributed by atoms with Gasteiger partial charge in [0.05, 0.1) is 23.5 Å². The van der Waals surface area contributed by atoms with Gasteiger partial charge in [-0.2, -0.15) is 0 Å². The normalized spacial score (nSPS) is 18.7. The number of hydrogen-bond acceptors (Lipinski definition) is 2. The Kier molecular flexibility index (Phi) is 6.25. The smallest absolute Gasteiger partial charge is 0.170 e.